The molecule has 6 nitrogen and oxygen atoms in total. The van der Waals surface area contributed by atoms with E-state index < -0.39 is 17.3 Å². The van der Waals surface area contributed by atoms with Crippen molar-refractivity contribution < 1.29 is 19.1 Å². The van der Waals surface area contributed by atoms with E-state index in [-0.39, 0.29) is 18.0 Å². The summed E-state index contributed by atoms with van der Waals surface area (Å²) in [6.45, 7) is 1.66. The quantitative estimate of drug-likeness (QED) is 0.627. The summed E-state index contributed by atoms with van der Waals surface area (Å²) in [5.41, 5.74) is -0.560. The Bertz CT molecular complexity index is 512. The SMILES string of the molecule is CCOC(=O)C(=O)Nc1ccccc(OC)c1=O. The molecule has 1 rings (SSSR count). The highest BCUT2D eigenvalue weighted by atomic mass is 16.5. The maximum Gasteiger partial charge on any atom is 0.397 e. The van der Waals surface area contributed by atoms with Crippen molar-refractivity contribution in [2.75, 3.05) is 19.0 Å². The number of amides is 1. The Morgan fingerprint density at radius 1 is 1.28 bits per heavy atom. The van der Waals surface area contributed by atoms with Crippen molar-refractivity contribution in [2.24, 2.45) is 0 Å². The lowest BCUT2D eigenvalue weighted by atomic mass is 10.4. The normalized spacial score (nSPS) is 9.44. The summed E-state index contributed by atoms with van der Waals surface area (Å²) in [6.07, 6.45) is 0. The molecule has 1 N–H and O–H groups in total. The van der Waals surface area contributed by atoms with Crippen LogP contribution >= 0.6 is 0 Å². The van der Waals surface area contributed by atoms with E-state index in [0.717, 1.165) is 0 Å². The van der Waals surface area contributed by atoms with E-state index in [4.69, 9.17) is 4.74 Å². The van der Waals surface area contributed by atoms with Crippen LogP contribution in [0, 0.1) is 0 Å². The Balaban J connectivity index is 2.99. The molecule has 0 fully saturated rings. The van der Waals surface area contributed by atoms with E-state index in [9.17, 15) is 14.4 Å². The Kier molecular flexibility index (Phi) is 4.86. The second-order valence-corrected chi connectivity index (χ2v) is 3.20. The van der Waals surface area contributed by atoms with Gasteiger partial charge >= 0.3 is 11.9 Å². The lowest BCUT2D eigenvalue weighted by Gasteiger charge is -2.02. The third kappa shape index (κ3) is 3.31. The van der Waals surface area contributed by atoms with E-state index in [1.165, 1.54) is 19.2 Å². The van der Waals surface area contributed by atoms with Gasteiger partial charge in [0.25, 0.3) is 0 Å². The van der Waals surface area contributed by atoms with Crippen LogP contribution in [-0.2, 0) is 14.3 Å². The third-order valence-corrected chi connectivity index (χ3v) is 2.02. The van der Waals surface area contributed by atoms with Crippen LogP contribution < -0.4 is 15.5 Å². The molecule has 0 atom stereocenters. The number of anilines is 1. The molecule has 0 aromatic heterocycles. The lowest BCUT2D eigenvalue weighted by Crippen LogP contribution is -2.27. The van der Waals surface area contributed by atoms with Crippen molar-refractivity contribution >= 4 is 17.6 Å². The molecule has 18 heavy (non-hydrogen) atoms. The average molecular weight is 251 g/mol. The van der Waals surface area contributed by atoms with Crippen molar-refractivity contribution in [3.8, 4) is 5.75 Å². The average Bonchev–Trinajstić information content (AvgIpc) is 2.52. The van der Waals surface area contributed by atoms with E-state index in [0.29, 0.717) is 0 Å². The van der Waals surface area contributed by atoms with E-state index in [2.05, 4.69) is 10.1 Å². The molecule has 6 heteroatoms. The first kappa shape index (κ1) is 13.7. The molecule has 0 bridgehead atoms. The van der Waals surface area contributed by atoms with Crippen molar-refractivity contribution in [3.05, 3.63) is 34.5 Å². The van der Waals surface area contributed by atoms with Gasteiger partial charge in [0.1, 0.15) is 0 Å². The van der Waals surface area contributed by atoms with Gasteiger partial charge in [-0.05, 0) is 19.1 Å². The highest BCUT2D eigenvalue weighted by molar-refractivity contribution is 6.37. The zero-order chi connectivity index (χ0) is 13.5. The predicted octanol–water partition coefficient (Wildman–Crippen LogP) is 0.557. The van der Waals surface area contributed by atoms with Gasteiger partial charge < -0.3 is 14.8 Å². The van der Waals surface area contributed by atoms with Crippen LogP contribution in [0.3, 0.4) is 0 Å². The summed E-state index contributed by atoms with van der Waals surface area (Å²) in [5, 5.41) is 2.18. The number of rotatable bonds is 3. The minimum absolute atomic E-state index is 0.0464. The van der Waals surface area contributed by atoms with Crippen LogP contribution in [0.25, 0.3) is 0 Å². The first-order valence-electron chi connectivity index (χ1n) is 5.25. The smallest absolute Gasteiger partial charge is 0.397 e. The van der Waals surface area contributed by atoms with Crippen LogP contribution in [0.5, 0.6) is 5.75 Å². The number of carbonyl (C=O) groups is 2. The summed E-state index contributed by atoms with van der Waals surface area (Å²) < 4.78 is 9.37. The molecule has 96 valence electrons. The van der Waals surface area contributed by atoms with Crippen LogP contribution in [0.4, 0.5) is 5.69 Å². The number of carbonyl (C=O) groups excluding carboxylic acids is 2. The highest BCUT2D eigenvalue weighted by Crippen LogP contribution is 2.06. The second-order valence-electron chi connectivity index (χ2n) is 3.20. The number of nitrogens with one attached hydrogen (secondary N) is 1. The van der Waals surface area contributed by atoms with Crippen molar-refractivity contribution in [1.29, 1.82) is 0 Å². The molecule has 0 radical (unpaired) electrons. The molecule has 1 aromatic rings. The fourth-order valence-electron chi connectivity index (χ4n) is 1.21. The molecule has 0 aliphatic carbocycles. The van der Waals surface area contributed by atoms with Crippen LogP contribution in [-0.4, -0.2) is 25.6 Å². The van der Waals surface area contributed by atoms with E-state index in [1.54, 1.807) is 19.1 Å². The lowest BCUT2D eigenvalue weighted by molar-refractivity contribution is -0.152. The fourth-order valence-corrected chi connectivity index (χ4v) is 1.21. The number of methoxy groups -OCH3 is 1. The first-order valence-corrected chi connectivity index (χ1v) is 5.25. The minimum Gasteiger partial charge on any atom is -0.493 e. The van der Waals surface area contributed by atoms with Gasteiger partial charge in [0, 0.05) is 0 Å². The van der Waals surface area contributed by atoms with Gasteiger partial charge in [-0.25, -0.2) is 4.79 Å². The maximum atomic E-state index is 11.8. The molecule has 0 aliphatic heterocycles. The zero-order valence-electron chi connectivity index (χ0n) is 10.1. The molecule has 0 saturated carbocycles. The molecule has 1 amide bonds. The molecular weight excluding hydrogens is 238 g/mol. The summed E-state index contributed by atoms with van der Waals surface area (Å²) in [6, 6.07) is 5.97. The van der Waals surface area contributed by atoms with Gasteiger partial charge in [-0.1, -0.05) is 12.1 Å². The maximum absolute atomic E-state index is 11.8. The number of ether oxygens (including phenoxy) is 2. The van der Waals surface area contributed by atoms with Gasteiger partial charge in [-0.3, -0.25) is 9.59 Å². The van der Waals surface area contributed by atoms with Gasteiger partial charge in [0.15, 0.2) is 5.75 Å². The minimum atomic E-state index is -1.04. The van der Waals surface area contributed by atoms with Crippen molar-refractivity contribution in [3.63, 3.8) is 0 Å². The molecule has 1 aromatic carbocycles. The zero-order valence-corrected chi connectivity index (χ0v) is 10.1. The second kappa shape index (κ2) is 6.39. The Hall–Kier alpha value is -2.37. The summed E-state index contributed by atoms with van der Waals surface area (Å²) >= 11 is 0. The summed E-state index contributed by atoms with van der Waals surface area (Å²) in [4.78, 5) is 34.3. The topological polar surface area (TPSA) is 81.7 Å². The fraction of sp³-hybridized carbons (Fsp3) is 0.250. The Labute approximate surface area is 104 Å². The van der Waals surface area contributed by atoms with Crippen LogP contribution in [0.15, 0.2) is 29.1 Å². The number of hydrogen-bond acceptors (Lipinski definition) is 5. The number of hydrogen-bond donors (Lipinski definition) is 1. The van der Waals surface area contributed by atoms with Crippen molar-refractivity contribution in [1.82, 2.24) is 0 Å². The number of esters is 1. The highest BCUT2D eigenvalue weighted by Gasteiger charge is 2.16. The largest absolute Gasteiger partial charge is 0.493 e. The van der Waals surface area contributed by atoms with E-state index in [1.807, 2.05) is 0 Å². The monoisotopic (exact) mass is 251 g/mol. The Morgan fingerprint density at radius 2 is 1.94 bits per heavy atom. The predicted molar refractivity (Wildman–Crippen MR) is 64.5 cm³/mol. The Morgan fingerprint density at radius 3 is 2.56 bits per heavy atom. The van der Waals surface area contributed by atoms with Gasteiger partial charge in [-0.2, -0.15) is 0 Å². The molecule has 0 unspecified atom stereocenters. The van der Waals surface area contributed by atoms with Gasteiger partial charge in [0.2, 0.25) is 5.43 Å². The van der Waals surface area contributed by atoms with E-state index >= 15 is 0 Å². The van der Waals surface area contributed by atoms with Gasteiger partial charge in [-0.15, -0.1) is 0 Å². The molecule has 0 saturated heterocycles. The summed E-state index contributed by atoms with van der Waals surface area (Å²) in [5.74, 6) is -1.97. The standard InChI is InChI=1S/C12H13NO5/c1-3-18-12(16)11(15)13-8-6-4-5-7-9(17-2)10(8)14/h4-7H,3H2,1-2H3,(H,13,14,15). The molecular formula is C12H13NO5. The van der Waals surface area contributed by atoms with Crippen LogP contribution in [0.1, 0.15) is 6.92 Å². The van der Waals surface area contributed by atoms with Gasteiger partial charge in [0.05, 0.1) is 19.4 Å². The first-order chi connectivity index (χ1) is 8.60. The third-order valence-electron chi connectivity index (χ3n) is 2.02. The summed E-state index contributed by atoms with van der Waals surface area (Å²) in [7, 11) is 1.34. The van der Waals surface area contributed by atoms with Crippen LogP contribution in [0.2, 0.25) is 0 Å². The van der Waals surface area contributed by atoms with Crippen molar-refractivity contribution in [2.45, 2.75) is 6.92 Å². The molecule has 0 heterocycles. The molecule has 0 aliphatic rings. The molecule has 0 spiro atoms.